The highest BCUT2D eigenvalue weighted by molar-refractivity contribution is 4.52. The highest BCUT2D eigenvalue weighted by Gasteiger charge is 1.94. The lowest BCUT2D eigenvalue weighted by Crippen LogP contribution is -2.16. The van der Waals surface area contributed by atoms with Crippen molar-refractivity contribution in [3.05, 3.63) is 0 Å². The van der Waals surface area contributed by atoms with E-state index in [1.54, 1.807) is 0 Å². The zero-order chi connectivity index (χ0) is 17.6. The Bertz CT molecular complexity index is 180. The standard InChI is InChI=1S/C23H49N/c1-3-5-7-9-11-12-13-14-15-16-17-19-21-23-24-22-20-18-10-8-6-4-2/h24H,3-23H2,1-2H3. The van der Waals surface area contributed by atoms with Crippen LogP contribution in [0, 0.1) is 0 Å². The first kappa shape index (κ1) is 24.0. The SMILES string of the molecule is CCCCCCCCCCCCCCCNCCCCCCCC. The Labute approximate surface area is 154 Å². The van der Waals surface area contributed by atoms with Crippen LogP contribution in [0.3, 0.4) is 0 Å². The number of rotatable bonds is 21. The van der Waals surface area contributed by atoms with Gasteiger partial charge in [-0.1, -0.05) is 123 Å². The van der Waals surface area contributed by atoms with Crippen molar-refractivity contribution in [3.63, 3.8) is 0 Å². The summed E-state index contributed by atoms with van der Waals surface area (Å²) in [5.41, 5.74) is 0. The lowest BCUT2D eigenvalue weighted by molar-refractivity contribution is 0.525. The van der Waals surface area contributed by atoms with E-state index in [0.717, 1.165) is 0 Å². The fourth-order valence-electron chi connectivity index (χ4n) is 3.42. The average molecular weight is 340 g/mol. The van der Waals surface area contributed by atoms with E-state index in [2.05, 4.69) is 19.2 Å². The van der Waals surface area contributed by atoms with Crippen molar-refractivity contribution in [2.75, 3.05) is 13.1 Å². The molecule has 0 rings (SSSR count). The molecule has 0 aliphatic heterocycles. The summed E-state index contributed by atoms with van der Waals surface area (Å²) in [5.74, 6) is 0. The molecule has 0 aliphatic carbocycles. The van der Waals surface area contributed by atoms with Gasteiger partial charge in [-0.3, -0.25) is 0 Å². The van der Waals surface area contributed by atoms with Gasteiger partial charge in [-0.2, -0.15) is 0 Å². The molecule has 0 fully saturated rings. The smallest absolute Gasteiger partial charge is 0.00489 e. The Balaban J connectivity index is 2.93. The summed E-state index contributed by atoms with van der Waals surface area (Å²) in [7, 11) is 0. The van der Waals surface area contributed by atoms with Crippen LogP contribution < -0.4 is 5.32 Å². The van der Waals surface area contributed by atoms with Gasteiger partial charge in [-0.15, -0.1) is 0 Å². The van der Waals surface area contributed by atoms with Crippen molar-refractivity contribution in [2.24, 2.45) is 0 Å². The summed E-state index contributed by atoms with van der Waals surface area (Å²) in [6.07, 6.45) is 27.3. The normalized spacial score (nSPS) is 11.2. The Hall–Kier alpha value is -0.0400. The van der Waals surface area contributed by atoms with Crippen LogP contribution >= 0.6 is 0 Å². The number of hydrogen-bond donors (Lipinski definition) is 1. The third kappa shape index (κ3) is 22.0. The van der Waals surface area contributed by atoms with E-state index in [4.69, 9.17) is 0 Å². The first-order chi connectivity index (χ1) is 11.9. The third-order valence-electron chi connectivity index (χ3n) is 5.16. The van der Waals surface area contributed by atoms with E-state index in [1.165, 1.54) is 135 Å². The molecule has 1 N–H and O–H groups in total. The molecule has 0 atom stereocenters. The highest BCUT2D eigenvalue weighted by Crippen LogP contribution is 2.12. The molecule has 0 amide bonds. The second-order valence-corrected chi connectivity index (χ2v) is 7.76. The van der Waals surface area contributed by atoms with Gasteiger partial charge in [-0.05, 0) is 25.9 Å². The topological polar surface area (TPSA) is 12.0 Å². The van der Waals surface area contributed by atoms with Gasteiger partial charge in [0.2, 0.25) is 0 Å². The summed E-state index contributed by atoms with van der Waals surface area (Å²) in [6.45, 7) is 7.07. The monoisotopic (exact) mass is 339 g/mol. The molecule has 1 nitrogen and oxygen atoms in total. The molecule has 146 valence electrons. The molecule has 0 radical (unpaired) electrons. The van der Waals surface area contributed by atoms with Gasteiger partial charge in [0.05, 0.1) is 0 Å². The molecule has 0 unspecified atom stereocenters. The van der Waals surface area contributed by atoms with Crippen molar-refractivity contribution in [3.8, 4) is 0 Å². The maximum atomic E-state index is 3.62. The van der Waals surface area contributed by atoms with Crippen LogP contribution in [-0.2, 0) is 0 Å². The van der Waals surface area contributed by atoms with Crippen LogP contribution in [0.2, 0.25) is 0 Å². The Morgan fingerprint density at radius 3 is 0.875 bits per heavy atom. The van der Waals surface area contributed by atoms with Crippen LogP contribution in [0.4, 0.5) is 0 Å². The maximum absolute atomic E-state index is 3.62. The second kappa shape index (κ2) is 23.0. The molecule has 0 aromatic carbocycles. The molecule has 0 saturated carbocycles. The predicted molar refractivity (Wildman–Crippen MR) is 112 cm³/mol. The summed E-state index contributed by atoms with van der Waals surface area (Å²) in [4.78, 5) is 0. The number of nitrogens with one attached hydrogen (secondary N) is 1. The van der Waals surface area contributed by atoms with E-state index in [9.17, 15) is 0 Å². The molecule has 0 aromatic rings. The minimum atomic E-state index is 1.24. The van der Waals surface area contributed by atoms with Crippen molar-refractivity contribution < 1.29 is 0 Å². The highest BCUT2D eigenvalue weighted by atomic mass is 14.8. The van der Waals surface area contributed by atoms with Gasteiger partial charge in [0.25, 0.3) is 0 Å². The van der Waals surface area contributed by atoms with Crippen LogP contribution in [0.15, 0.2) is 0 Å². The first-order valence-corrected chi connectivity index (χ1v) is 11.6. The quantitative estimate of drug-likeness (QED) is 0.209. The molecule has 0 bridgehead atoms. The van der Waals surface area contributed by atoms with Gasteiger partial charge in [0.1, 0.15) is 0 Å². The largest absolute Gasteiger partial charge is 0.317 e. The van der Waals surface area contributed by atoms with Crippen molar-refractivity contribution in [2.45, 2.75) is 136 Å². The summed E-state index contributed by atoms with van der Waals surface area (Å²) in [6, 6.07) is 0. The van der Waals surface area contributed by atoms with Gasteiger partial charge in [0, 0.05) is 0 Å². The Kier molecular flexibility index (Phi) is 22.9. The predicted octanol–water partition coefficient (Wildman–Crippen LogP) is 8.03. The van der Waals surface area contributed by atoms with Crippen molar-refractivity contribution in [1.82, 2.24) is 5.32 Å². The molecule has 0 spiro atoms. The summed E-state index contributed by atoms with van der Waals surface area (Å²) in [5, 5.41) is 3.62. The Morgan fingerprint density at radius 2 is 0.583 bits per heavy atom. The average Bonchev–Trinajstić information content (AvgIpc) is 2.60. The van der Waals surface area contributed by atoms with Crippen LogP contribution in [0.25, 0.3) is 0 Å². The van der Waals surface area contributed by atoms with E-state index in [0.29, 0.717) is 0 Å². The molecule has 0 heterocycles. The molecular formula is C23H49N. The lowest BCUT2D eigenvalue weighted by Gasteiger charge is -2.05. The number of unbranched alkanes of at least 4 members (excludes halogenated alkanes) is 17. The minimum Gasteiger partial charge on any atom is -0.317 e. The summed E-state index contributed by atoms with van der Waals surface area (Å²) >= 11 is 0. The van der Waals surface area contributed by atoms with Gasteiger partial charge in [-0.25, -0.2) is 0 Å². The molecule has 1 heteroatoms. The fourth-order valence-corrected chi connectivity index (χ4v) is 3.42. The van der Waals surface area contributed by atoms with Crippen molar-refractivity contribution in [1.29, 1.82) is 0 Å². The fraction of sp³-hybridized carbons (Fsp3) is 1.00. The minimum absolute atomic E-state index is 1.24. The van der Waals surface area contributed by atoms with Crippen LogP contribution in [0.5, 0.6) is 0 Å². The first-order valence-electron chi connectivity index (χ1n) is 11.6. The summed E-state index contributed by atoms with van der Waals surface area (Å²) < 4.78 is 0. The van der Waals surface area contributed by atoms with Gasteiger partial charge >= 0.3 is 0 Å². The van der Waals surface area contributed by atoms with E-state index in [1.807, 2.05) is 0 Å². The maximum Gasteiger partial charge on any atom is -0.00489 e. The molecule has 24 heavy (non-hydrogen) atoms. The van der Waals surface area contributed by atoms with E-state index >= 15 is 0 Å². The second-order valence-electron chi connectivity index (χ2n) is 7.76. The molecular weight excluding hydrogens is 290 g/mol. The van der Waals surface area contributed by atoms with Crippen LogP contribution in [-0.4, -0.2) is 13.1 Å². The zero-order valence-corrected chi connectivity index (χ0v) is 17.3. The molecule has 0 aromatic heterocycles. The molecule has 0 aliphatic rings. The third-order valence-corrected chi connectivity index (χ3v) is 5.16. The Morgan fingerprint density at radius 1 is 0.333 bits per heavy atom. The van der Waals surface area contributed by atoms with E-state index < -0.39 is 0 Å². The lowest BCUT2D eigenvalue weighted by atomic mass is 10.0. The van der Waals surface area contributed by atoms with Crippen molar-refractivity contribution >= 4 is 0 Å². The zero-order valence-electron chi connectivity index (χ0n) is 17.3. The van der Waals surface area contributed by atoms with Gasteiger partial charge in [0.15, 0.2) is 0 Å². The molecule has 0 saturated heterocycles. The van der Waals surface area contributed by atoms with Gasteiger partial charge < -0.3 is 5.32 Å². The van der Waals surface area contributed by atoms with Crippen LogP contribution in [0.1, 0.15) is 136 Å². The van der Waals surface area contributed by atoms with E-state index in [-0.39, 0.29) is 0 Å². The number of hydrogen-bond acceptors (Lipinski definition) is 1.